The molecule has 2 rings (SSSR count). The van der Waals surface area contributed by atoms with E-state index in [1.54, 1.807) is 11.3 Å². The zero-order chi connectivity index (χ0) is 12.8. The number of thiophene rings is 2. The second-order valence-corrected chi connectivity index (χ2v) is 7.72. The van der Waals surface area contributed by atoms with Gasteiger partial charge in [-0.3, -0.25) is 0 Å². The van der Waals surface area contributed by atoms with Gasteiger partial charge < -0.3 is 5.32 Å². The van der Waals surface area contributed by atoms with E-state index in [0.29, 0.717) is 6.04 Å². The lowest BCUT2D eigenvalue weighted by Crippen LogP contribution is -2.33. The zero-order valence-electron chi connectivity index (χ0n) is 10.5. The number of hydrogen-bond acceptors (Lipinski definition) is 3. The van der Waals surface area contributed by atoms with Crippen LogP contribution in [0.4, 0.5) is 0 Å². The molecule has 0 saturated heterocycles. The summed E-state index contributed by atoms with van der Waals surface area (Å²) in [6, 6.07) is 7.14. The summed E-state index contributed by atoms with van der Waals surface area (Å²) in [6.45, 7) is 3.32. The molecule has 1 atom stereocenters. The number of halogens is 1. The second kappa shape index (κ2) is 7.43. The first-order chi connectivity index (χ1) is 8.78. The topological polar surface area (TPSA) is 12.0 Å². The minimum absolute atomic E-state index is 0.546. The highest BCUT2D eigenvalue weighted by Gasteiger charge is 2.11. The average Bonchev–Trinajstić information content (AvgIpc) is 2.98. The summed E-state index contributed by atoms with van der Waals surface area (Å²) in [6.07, 6.45) is 3.43. The van der Waals surface area contributed by atoms with Crippen LogP contribution in [0.1, 0.15) is 23.8 Å². The van der Waals surface area contributed by atoms with Crippen LogP contribution in [-0.2, 0) is 12.8 Å². The molecule has 0 saturated carbocycles. The first kappa shape index (κ1) is 14.3. The van der Waals surface area contributed by atoms with Crippen molar-refractivity contribution in [2.75, 3.05) is 6.54 Å². The Morgan fingerprint density at radius 2 is 2.17 bits per heavy atom. The van der Waals surface area contributed by atoms with E-state index in [1.165, 1.54) is 20.6 Å². The fourth-order valence-electron chi connectivity index (χ4n) is 1.96. The molecule has 0 aliphatic rings. The number of nitrogens with one attached hydrogen (secondary N) is 1. The van der Waals surface area contributed by atoms with Gasteiger partial charge in [-0.25, -0.2) is 0 Å². The van der Waals surface area contributed by atoms with Crippen LogP contribution in [0, 0.1) is 0 Å². The highest BCUT2D eigenvalue weighted by molar-refractivity contribution is 9.11. The van der Waals surface area contributed by atoms with Gasteiger partial charge in [0.15, 0.2) is 0 Å². The molecule has 2 heterocycles. The van der Waals surface area contributed by atoms with Crippen LogP contribution in [-0.4, -0.2) is 12.6 Å². The van der Waals surface area contributed by atoms with Crippen molar-refractivity contribution < 1.29 is 0 Å². The molecule has 1 unspecified atom stereocenters. The number of hydrogen-bond donors (Lipinski definition) is 1. The highest BCUT2D eigenvalue weighted by Crippen LogP contribution is 2.24. The predicted octanol–water partition coefficient (Wildman–Crippen LogP) is 4.73. The first-order valence-electron chi connectivity index (χ1n) is 6.26. The molecule has 0 fully saturated rings. The molecule has 0 aromatic carbocycles. The van der Waals surface area contributed by atoms with Gasteiger partial charge in [-0.1, -0.05) is 6.92 Å². The van der Waals surface area contributed by atoms with E-state index < -0.39 is 0 Å². The van der Waals surface area contributed by atoms with E-state index in [4.69, 9.17) is 0 Å². The van der Waals surface area contributed by atoms with Crippen molar-refractivity contribution in [1.29, 1.82) is 0 Å². The maximum absolute atomic E-state index is 3.66. The lowest BCUT2D eigenvalue weighted by Gasteiger charge is -2.17. The van der Waals surface area contributed by atoms with Gasteiger partial charge >= 0.3 is 0 Å². The van der Waals surface area contributed by atoms with Gasteiger partial charge in [0.05, 0.1) is 3.79 Å². The molecule has 0 amide bonds. The smallest absolute Gasteiger partial charge is 0.0701 e. The standard InChI is InChI=1S/C14H18BrNS2/c1-2-6-16-12(8-11-5-7-17-10-11)9-13-3-4-14(15)18-13/h3-5,7,10,12,16H,2,6,8-9H2,1H3. The van der Waals surface area contributed by atoms with Crippen LogP contribution in [0.3, 0.4) is 0 Å². The Labute approximate surface area is 125 Å². The highest BCUT2D eigenvalue weighted by atomic mass is 79.9. The van der Waals surface area contributed by atoms with Crippen LogP contribution in [0.15, 0.2) is 32.7 Å². The summed E-state index contributed by atoms with van der Waals surface area (Å²) >= 11 is 7.16. The van der Waals surface area contributed by atoms with E-state index in [1.807, 2.05) is 11.3 Å². The Morgan fingerprint density at radius 3 is 2.78 bits per heavy atom. The van der Waals surface area contributed by atoms with Gasteiger partial charge in [0.2, 0.25) is 0 Å². The Morgan fingerprint density at radius 1 is 1.28 bits per heavy atom. The van der Waals surface area contributed by atoms with Gasteiger partial charge in [0.25, 0.3) is 0 Å². The van der Waals surface area contributed by atoms with Crippen LogP contribution >= 0.6 is 38.6 Å². The summed E-state index contributed by atoms with van der Waals surface area (Å²) in [5, 5.41) is 8.08. The van der Waals surface area contributed by atoms with E-state index in [2.05, 4.69) is 57.1 Å². The van der Waals surface area contributed by atoms with E-state index in [-0.39, 0.29) is 0 Å². The third-order valence-electron chi connectivity index (χ3n) is 2.82. The summed E-state index contributed by atoms with van der Waals surface area (Å²) in [7, 11) is 0. The van der Waals surface area contributed by atoms with E-state index >= 15 is 0 Å². The Hall–Kier alpha value is -0.160. The summed E-state index contributed by atoms with van der Waals surface area (Å²) in [5.74, 6) is 0. The summed E-state index contributed by atoms with van der Waals surface area (Å²) in [5.41, 5.74) is 1.45. The molecule has 2 aromatic rings. The van der Waals surface area contributed by atoms with E-state index in [9.17, 15) is 0 Å². The maximum Gasteiger partial charge on any atom is 0.0701 e. The molecule has 1 N–H and O–H groups in total. The fourth-order valence-corrected chi connectivity index (χ4v) is 4.21. The molecule has 0 bridgehead atoms. The molecule has 2 aromatic heterocycles. The monoisotopic (exact) mass is 343 g/mol. The average molecular weight is 344 g/mol. The molecule has 0 spiro atoms. The molecule has 4 heteroatoms. The summed E-state index contributed by atoms with van der Waals surface area (Å²) < 4.78 is 1.22. The third kappa shape index (κ3) is 4.50. The van der Waals surface area contributed by atoms with Crippen LogP contribution in [0.25, 0.3) is 0 Å². The largest absolute Gasteiger partial charge is 0.313 e. The lowest BCUT2D eigenvalue weighted by atomic mass is 10.0. The molecule has 98 valence electrons. The van der Waals surface area contributed by atoms with Gasteiger partial charge in [0, 0.05) is 10.9 Å². The third-order valence-corrected chi connectivity index (χ3v) is 5.20. The first-order valence-corrected chi connectivity index (χ1v) is 8.82. The van der Waals surface area contributed by atoms with Crippen LogP contribution in [0.2, 0.25) is 0 Å². The lowest BCUT2D eigenvalue weighted by molar-refractivity contribution is 0.508. The van der Waals surface area contributed by atoms with Crippen molar-refractivity contribution in [3.8, 4) is 0 Å². The van der Waals surface area contributed by atoms with Crippen LogP contribution < -0.4 is 5.32 Å². The van der Waals surface area contributed by atoms with Crippen LogP contribution in [0.5, 0.6) is 0 Å². The minimum Gasteiger partial charge on any atom is -0.313 e. The molecular weight excluding hydrogens is 326 g/mol. The van der Waals surface area contributed by atoms with Crippen molar-refractivity contribution in [1.82, 2.24) is 5.32 Å². The Kier molecular flexibility index (Phi) is 5.89. The Balaban J connectivity index is 1.95. The zero-order valence-corrected chi connectivity index (χ0v) is 13.7. The summed E-state index contributed by atoms with van der Waals surface area (Å²) in [4.78, 5) is 1.45. The van der Waals surface area contributed by atoms with Crippen molar-refractivity contribution in [2.24, 2.45) is 0 Å². The molecule has 0 aliphatic heterocycles. The Bertz CT molecular complexity index is 450. The maximum atomic E-state index is 3.66. The fraction of sp³-hybridized carbons (Fsp3) is 0.429. The minimum atomic E-state index is 0.546. The van der Waals surface area contributed by atoms with Crippen molar-refractivity contribution >= 4 is 38.6 Å². The van der Waals surface area contributed by atoms with Gasteiger partial charge in [-0.05, 0) is 76.3 Å². The van der Waals surface area contributed by atoms with Gasteiger partial charge in [-0.2, -0.15) is 11.3 Å². The molecule has 18 heavy (non-hydrogen) atoms. The second-order valence-electron chi connectivity index (χ2n) is 4.40. The molecule has 0 radical (unpaired) electrons. The van der Waals surface area contributed by atoms with Crippen molar-refractivity contribution in [2.45, 2.75) is 32.2 Å². The van der Waals surface area contributed by atoms with Gasteiger partial charge in [-0.15, -0.1) is 11.3 Å². The number of rotatable bonds is 7. The van der Waals surface area contributed by atoms with Crippen molar-refractivity contribution in [3.05, 3.63) is 43.2 Å². The predicted molar refractivity (Wildman–Crippen MR) is 85.8 cm³/mol. The van der Waals surface area contributed by atoms with E-state index in [0.717, 1.165) is 19.4 Å². The van der Waals surface area contributed by atoms with Crippen molar-refractivity contribution in [3.63, 3.8) is 0 Å². The molecular formula is C14H18BrNS2. The SMILES string of the molecule is CCCNC(Cc1ccsc1)Cc1ccc(Br)s1. The molecule has 0 aliphatic carbocycles. The van der Waals surface area contributed by atoms with Gasteiger partial charge in [0.1, 0.15) is 0 Å². The molecule has 1 nitrogen and oxygen atoms in total. The normalized spacial score (nSPS) is 12.8. The quantitative estimate of drug-likeness (QED) is 0.766.